The smallest absolute Gasteiger partial charge is 0.163 e. The predicted octanol–water partition coefficient (Wildman–Crippen LogP) is 4.61. The van der Waals surface area contributed by atoms with E-state index in [0.29, 0.717) is 30.6 Å². The Morgan fingerprint density at radius 3 is 2.48 bits per heavy atom. The fraction of sp³-hybridized carbons (Fsp3) is 0.200. The third-order valence-corrected chi connectivity index (χ3v) is 3.78. The number of halogens is 2. The molecule has 0 unspecified atom stereocenters. The van der Waals surface area contributed by atoms with Gasteiger partial charge in [0.25, 0.3) is 0 Å². The van der Waals surface area contributed by atoms with Gasteiger partial charge in [-0.1, -0.05) is 30.3 Å². The summed E-state index contributed by atoms with van der Waals surface area (Å²) in [6.07, 6.45) is 0.816. The zero-order valence-corrected chi connectivity index (χ0v) is 14.9. The molecule has 0 amide bonds. The van der Waals surface area contributed by atoms with Crippen molar-refractivity contribution in [2.75, 3.05) is 30.9 Å². The van der Waals surface area contributed by atoms with Gasteiger partial charge < -0.3 is 15.4 Å². The molecule has 0 bridgehead atoms. The minimum absolute atomic E-state index is 0.138. The van der Waals surface area contributed by atoms with Crippen molar-refractivity contribution in [1.82, 2.24) is 9.97 Å². The van der Waals surface area contributed by atoms with Crippen LogP contribution in [0.3, 0.4) is 0 Å². The largest absolute Gasteiger partial charge is 0.385 e. The molecule has 0 fully saturated rings. The molecule has 27 heavy (non-hydrogen) atoms. The zero-order valence-electron chi connectivity index (χ0n) is 14.9. The first-order chi connectivity index (χ1) is 13.2. The molecular formula is C20H20F2N4O. The topological polar surface area (TPSA) is 59.1 Å². The van der Waals surface area contributed by atoms with E-state index in [0.717, 1.165) is 18.1 Å². The minimum Gasteiger partial charge on any atom is -0.385 e. The number of hydrogen-bond donors (Lipinski definition) is 2. The third kappa shape index (κ3) is 5.21. The Morgan fingerprint density at radius 2 is 1.74 bits per heavy atom. The van der Waals surface area contributed by atoms with Gasteiger partial charge in [0.2, 0.25) is 0 Å². The van der Waals surface area contributed by atoms with Crippen molar-refractivity contribution in [1.29, 1.82) is 0 Å². The Bertz CT molecular complexity index is 890. The summed E-state index contributed by atoms with van der Waals surface area (Å²) in [6.45, 7) is 1.30. The summed E-state index contributed by atoms with van der Waals surface area (Å²) in [7, 11) is 1.65. The molecule has 0 aliphatic heterocycles. The SMILES string of the molecule is COCCCNc1cc(Nc2ccc(F)cc2F)nc(-c2ccccc2)n1. The maximum Gasteiger partial charge on any atom is 0.163 e. The molecule has 1 heterocycles. The second-order valence-electron chi connectivity index (χ2n) is 5.85. The van der Waals surface area contributed by atoms with Crippen LogP contribution in [0.1, 0.15) is 6.42 Å². The molecule has 0 saturated heterocycles. The fourth-order valence-electron chi connectivity index (χ4n) is 2.48. The van der Waals surface area contributed by atoms with Gasteiger partial charge in [-0.2, -0.15) is 0 Å². The van der Waals surface area contributed by atoms with Crippen LogP contribution in [0.5, 0.6) is 0 Å². The summed E-state index contributed by atoms with van der Waals surface area (Å²) in [5, 5.41) is 6.11. The van der Waals surface area contributed by atoms with Crippen molar-refractivity contribution in [2.45, 2.75) is 6.42 Å². The lowest BCUT2D eigenvalue weighted by molar-refractivity contribution is 0.198. The van der Waals surface area contributed by atoms with Gasteiger partial charge in [-0.05, 0) is 18.6 Å². The summed E-state index contributed by atoms with van der Waals surface area (Å²) in [5.74, 6) is 0.182. The fourth-order valence-corrected chi connectivity index (χ4v) is 2.48. The first kappa shape index (κ1) is 18.7. The third-order valence-electron chi connectivity index (χ3n) is 3.78. The molecule has 0 spiro atoms. The zero-order chi connectivity index (χ0) is 19.1. The molecule has 0 saturated carbocycles. The molecule has 0 aliphatic rings. The number of nitrogens with zero attached hydrogens (tertiary/aromatic N) is 2. The van der Waals surface area contributed by atoms with Crippen LogP contribution in [0.25, 0.3) is 11.4 Å². The summed E-state index contributed by atoms with van der Waals surface area (Å²) >= 11 is 0. The van der Waals surface area contributed by atoms with Gasteiger partial charge in [-0.15, -0.1) is 0 Å². The Labute approximate surface area is 156 Å². The molecule has 2 N–H and O–H groups in total. The molecule has 0 radical (unpaired) electrons. The highest BCUT2D eigenvalue weighted by molar-refractivity contribution is 5.65. The number of benzene rings is 2. The number of hydrogen-bond acceptors (Lipinski definition) is 5. The van der Waals surface area contributed by atoms with Crippen LogP contribution in [0.15, 0.2) is 54.6 Å². The summed E-state index contributed by atoms with van der Waals surface area (Å²) in [6, 6.07) is 14.5. The van der Waals surface area contributed by atoms with E-state index < -0.39 is 11.6 Å². The van der Waals surface area contributed by atoms with Crippen molar-refractivity contribution < 1.29 is 13.5 Å². The van der Waals surface area contributed by atoms with Crippen molar-refractivity contribution in [2.24, 2.45) is 0 Å². The van der Waals surface area contributed by atoms with E-state index in [1.54, 1.807) is 13.2 Å². The van der Waals surface area contributed by atoms with Crippen LogP contribution in [0.4, 0.5) is 26.1 Å². The average Bonchev–Trinajstić information content (AvgIpc) is 2.68. The lowest BCUT2D eigenvalue weighted by atomic mass is 10.2. The van der Waals surface area contributed by atoms with Crippen LogP contribution in [0.2, 0.25) is 0 Å². The van der Waals surface area contributed by atoms with E-state index in [9.17, 15) is 8.78 Å². The van der Waals surface area contributed by atoms with E-state index >= 15 is 0 Å². The van der Waals surface area contributed by atoms with E-state index in [-0.39, 0.29) is 5.69 Å². The number of aromatic nitrogens is 2. The summed E-state index contributed by atoms with van der Waals surface area (Å²) < 4.78 is 32.1. The van der Waals surface area contributed by atoms with Crippen LogP contribution < -0.4 is 10.6 Å². The lowest BCUT2D eigenvalue weighted by Crippen LogP contribution is -2.08. The summed E-state index contributed by atoms with van der Waals surface area (Å²) in [4.78, 5) is 8.98. The highest BCUT2D eigenvalue weighted by Gasteiger charge is 2.10. The predicted molar refractivity (Wildman–Crippen MR) is 102 cm³/mol. The molecule has 5 nitrogen and oxygen atoms in total. The second kappa shape index (κ2) is 9.05. The average molecular weight is 370 g/mol. The molecule has 2 aromatic carbocycles. The summed E-state index contributed by atoms with van der Waals surface area (Å²) in [5.41, 5.74) is 0.972. The van der Waals surface area contributed by atoms with Crippen LogP contribution in [-0.4, -0.2) is 30.2 Å². The Morgan fingerprint density at radius 1 is 0.963 bits per heavy atom. The minimum atomic E-state index is -0.690. The van der Waals surface area contributed by atoms with Crippen molar-refractivity contribution in [3.05, 3.63) is 66.2 Å². The quantitative estimate of drug-likeness (QED) is 0.567. The monoisotopic (exact) mass is 370 g/mol. The van der Waals surface area contributed by atoms with Gasteiger partial charge in [-0.25, -0.2) is 18.7 Å². The number of ether oxygens (including phenoxy) is 1. The molecular weight excluding hydrogens is 350 g/mol. The van der Waals surface area contributed by atoms with E-state index in [4.69, 9.17) is 4.74 Å². The van der Waals surface area contributed by atoms with Gasteiger partial charge in [0.1, 0.15) is 23.3 Å². The molecule has 0 atom stereocenters. The number of methoxy groups -OCH3 is 1. The maximum absolute atomic E-state index is 14.0. The number of nitrogens with one attached hydrogen (secondary N) is 2. The molecule has 3 rings (SSSR count). The van der Waals surface area contributed by atoms with Gasteiger partial charge in [0.05, 0.1) is 5.69 Å². The molecule has 7 heteroatoms. The van der Waals surface area contributed by atoms with Crippen LogP contribution in [0, 0.1) is 11.6 Å². The standard InChI is InChI=1S/C20H20F2N4O/c1-27-11-5-10-23-18-13-19(24-17-9-8-15(21)12-16(17)22)26-20(25-18)14-6-3-2-4-7-14/h2-4,6-9,12-13H,5,10-11H2,1H3,(H2,23,24,25,26). The normalized spacial score (nSPS) is 10.6. The Balaban J connectivity index is 1.89. The van der Waals surface area contributed by atoms with Crippen LogP contribution in [-0.2, 0) is 4.74 Å². The van der Waals surface area contributed by atoms with Crippen LogP contribution >= 0.6 is 0 Å². The van der Waals surface area contributed by atoms with Crippen molar-refractivity contribution >= 4 is 17.3 Å². The molecule has 1 aromatic heterocycles. The molecule has 140 valence electrons. The van der Waals surface area contributed by atoms with Gasteiger partial charge in [0.15, 0.2) is 5.82 Å². The van der Waals surface area contributed by atoms with Crippen molar-refractivity contribution in [3.63, 3.8) is 0 Å². The Hall–Kier alpha value is -3.06. The Kier molecular flexibility index (Phi) is 6.27. The van der Waals surface area contributed by atoms with Gasteiger partial charge in [0, 0.05) is 38.0 Å². The molecule has 3 aromatic rings. The molecule has 0 aliphatic carbocycles. The second-order valence-corrected chi connectivity index (χ2v) is 5.85. The van der Waals surface area contributed by atoms with E-state index in [1.165, 1.54) is 12.1 Å². The lowest BCUT2D eigenvalue weighted by Gasteiger charge is -2.12. The van der Waals surface area contributed by atoms with E-state index in [1.807, 2.05) is 30.3 Å². The maximum atomic E-state index is 14.0. The highest BCUT2D eigenvalue weighted by atomic mass is 19.1. The first-order valence-electron chi connectivity index (χ1n) is 8.55. The van der Waals surface area contributed by atoms with Gasteiger partial charge in [-0.3, -0.25) is 0 Å². The first-order valence-corrected chi connectivity index (χ1v) is 8.55. The number of anilines is 3. The number of rotatable bonds is 8. The van der Waals surface area contributed by atoms with E-state index in [2.05, 4.69) is 20.6 Å². The van der Waals surface area contributed by atoms with Crippen molar-refractivity contribution in [3.8, 4) is 11.4 Å². The van der Waals surface area contributed by atoms with Gasteiger partial charge >= 0.3 is 0 Å². The highest BCUT2D eigenvalue weighted by Crippen LogP contribution is 2.24.